The van der Waals surface area contributed by atoms with Crippen LogP contribution in [0.5, 0.6) is 0 Å². The standard InChI is InChI=1S/C10H10N2O4S/c1-3-8(2)11-17(15,16)10-7-5-4-6-9(10)12(13)14/h1,4-8,11H,2H3. The summed E-state index contributed by atoms with van der Waals surface area (Å²) in [6.07, 6.45) is 5.04. The van der Waals surface area contributed by atoms with E-state index in [9.17, 15) is 18.5 Å². The topological polar surface area (TPSA) is 89.3 Å². The van der Waals surface area contributed by atoms with E-state index >= 15 is 0 Å². The molecule has 0 aliphatic rings. The zero-order valence-electron chi connectivity index (χ0n) is 8.95. The Morgan fingerprint density at radius 2 is 2.06 bits per heavy atom. The lowest BCUT2D eigenvalue weighted by Gasteiger charge is -2.08. The van der Waals surface area contributed by atoms with Gasteiger partial charge >= 0.3 is 0 Å². The maximum absolute atomic E-state index is 11.8. The summed E-state index contributed by atoms with van der Waals surface area (Å²) >= 11 is 0. The smallest absolute Gasteiger partial charge is 0.258 e. The molecule has 1 N–H and O–H groups in total. The maximum atomic E-state index is 11.8. The third-order valence-corrected chi connectivity index (χ3v) is 3.52. The van der Waals surface area contributed by atoms with Crippen molar-refractivity contribution >= 4 is 15.7 Å². The molecule has 1 aromatic rings. The number of hydrogen-bond donors (Lipinski definition) is 1. The lowest BCUT2D eigenvalue weighted by molar-refractivity contribution is -0.387. The van der Waals surface area contributed by atoms with E-state index in [1.54, 1.807) is 0 Å². The minimum absolute atomic E-state index is 0.396. The highest BCUT2D eigenvalue weighted by Crippen LogP contribution is 2.22. The molecule has 7 heteroatoms. The van der Waals surface area contributed by atoms with Crippen LogP contribution in [0.15, 0.2) is 29.2 Å². The highest BCUT2D eigenvalue weighted by atomic mass is 32.2. The van der Waals surface area contributed by atoms with Gasteiger partial charge in [0, 0.05) is 6.07 Å². The zero-order chi connectivity index (χ0) is 13.1. The molecule has 90 valence electrons. The van der Waals surface area contributed by atoms with Crippen LogP contribution in [0.1, 0.15) is 6.92 Å². The van der Waals surface area contributed by atoms with Crippen LogP contribution in [0.4, 0.5) is 5.69 Å². The molecule has 6 nitrogen and oxygen atoms in total. The number of rotatable bonds is 4. The molecule has 0 fully saturated rings. The number of nitrogens with one attached hydrogen (secondary N) is 1. The summed E-state index contributed by atoms with van der Waals surface area (Å²) < 4.78 is 25.8. The highest BCUT2D eigenvalue weighted by molar-refractivity contribution is 7.89. The summed E-state index contributed by atoms with van der Waals surface area (Å²) in [6, 6.07) is 4.34. The Morgan fingerprint density at radius 3 is 2.59 bits per heavy atom. The van der Waals surface area contributed by atoms with Gasteiger partial charge in [0.2, 0.25) is 10.0 Å². The van der Waals surface area contributed by atoms with E-state index in [1.165, 1.54) is 19.1 Å². The number of benzene rings is 1. The molecule has 1 atom stereocenters. The highest BCUT2D eigenvalue weighted by Gasteiger charge is 2.25. The van der Waals surface area contributed by atoms with Crippen molar-refractivity contribution in [2.24, 2.45) is 0 Å². The van der Waals surface area contributed by atoms with E-state index in [2.05, 4.69) is 10.6 Å². The van der Waals surface area contributed by atoms with Gasteiger partial charge in [0.15, 0.2) is 4.90 Å². The van der Waals surface area contributed by atoms with Crippen LogP contribution < -0.4 is 4.72 Å². The molecule has 0 saturated carbocycles. The summed E-state index contributed by atoms with van der Waals surface area (Å²) in [4.78, 5) is 9.55. The van der Waals surface area contributed by atoms with Gasteiger partial charge in [0.1, 0.15) is 0 Å². The van der Waals surface area contributed by atoms with Gasteiger partial charge in [0.25, 0.3) is 5.69 Å². The average molecular weight is 254 g/mol. The van der Waals surface area contributed by atoms with Gasteiger partial charge in [-0.1, -0.05) is 18.1 Å². The fourth-order valence-electron chi connectivity index (χ4n) is 1.17. The summed E-state index contributed by atoms with van der Waals surface area (Å²) in [6.45, 7) is 1.46. The first-order chi connectivity index (χ1) is 7.88. The molecule has 0 bridgehead atoms. The third kappa shape index (κ3) is 3.03. The summed E-state index contributed by atoms with van der Waals surface area (Å²) in [5, 5.41) is 10.7. The van der Waals surface area contributed by atoms with Crippen LogP contribution >= 0.6 is 0 Å². The van der Waals surface area contributed by atoms with E-state index in [1.807, 2.05) is 0 Å². The van der Waals surface area contributed by atoms with E-state index in [-0.39, 0.29) is 0 Å². The molecular weight excluding hydrogens is 244 g/mol. The molecule has 0 heterocycles. The minimum atomic E-state index is -3.98. The first kappa shape index (κ1) is 13.2. The van der Waals surface area contributed by atoms with Crippen molar-refractivity contribution in [2.75, 3.05) is 0 Å². The van der Waals surface area contributed by atoms with Gasteiger partial charge in [-0.15, -0.1) is 6.42 Å². The van der Waals surface area contributed by atoms with Crippen LogP contribution in [0.25, 0.3) is 0 Å². The average Bonchev–Trinajstić information content (AvgIpc) is 2.28. The first-order valence-electron chi connectivity index (χ1n) is 4.60. The molecule has 0 aromatic heterocycles. The zero-order valence-corrected chi connectivity index (χ0v) is 9.77. The van der Waals surface area contributed by atoms with Gasteiger partial charge < -0.3 is 0 Å². The number of nitrogens with zero attached hydrogens (tertiary/aromatic N) is 1. The van der Waals surface area contributed by atoms with Crippen molar-refractivity contribution in [3.8, 4) is 12.3 Å². The monoisotopic (exact) mass is 254 g/mol. The molecule has 0 aliphatic heterocycles. The fourth-order valence-corrected chi connectivity index (χ4v) is 2.50. The third-order valence-electron chi connectivity index (χ3n) is 1.93. The second kappa shape index (κ2) is 4.95. The summed E-state index contributed by atoms with van der Waals surface area (Å²) in [7, 11) is -3.98. The second-order valence-electron chi connectivity index (χ2n) is 3.23. The van der Waals surface area contributed by atoms with Crippen LogP contribution in [0.2, 0.25) is 0 Å². The predicted octanol–water partition coefficient (Wildman–Crippen LogP) is 0.895. The summed E-state index contributed by atoms with van der Waals surface area (Å²) in [5.41, 5.74) is -0.482. The molecule has 1 unspecified atom stereocenters. The van der Waals surface area contributed by atoms with Crippen molar-refractivity contribution in [3.05, 3.63) is 34.4 Å². The Balaban J connectivity index is 3.25. The second-order valence-corrected chi connectivity index (χ2v) is 4.92. The number of nitro groups is 1. The number of para-hydroxylation sites is 1. The van der Waals surface area contributed by atoms with E-state index in [4.69, 9.17) is 6.42 Å². The van der Waals surface area contributed by atoms with Crippen LogP contribution in [-0.4, -0.2) is 19.4 Å². The van der Waals surface area contributed by atoms with E-state index in [0.29, 0.717) is 0 Å². The number of sulfonamides is 1. The molecule has 0 aliphatic carbocycles. The van der Waals surface area contributed by atoms with Crippen LogP contribution in [0.3, 0.4) is 0 Å². The van der Waals surface area contributed by atoms with Crippen LogP contribution in [0, 0.1) is 22.5 Å². The quantitative estimate of drug-likeness (QED) is 0.491. The van der Waals surface area contributed by atoms with Crippen molar-refractivity contribution < 1.29 is 13.3 Å². The molecule has 0 amide bonds. The molecule has 0 radical (unpaired) electrons. The van der Waals surface area contributed by atoms with Crippen molar-refractivity contribution in [1.82, 2.24) is 4.72 Å². The SMILES string of the molecule is C#CC(C)NS(=O)(=O)c1ccccc1[N+](=O)[O-]. The molecule has 1 rings (SSSR count). The maximum Gasteiger partial charge on any atom is 0.289 e. The first-order valence-corrected chi connectivity index (χ1v) is 6.08. The largest absolute Gasteiger partial charge is 0.289 e. The van der Waals surface area contributed by atoms with Gasteiger partial charge in [0.05, 0.1) is 11.0 Å². The van der Waals surface area contributed by atoms with Crippen molar-refractivity contribution in [3.63, 3.8) is 0 Å². The van der Waals surface area contributed by atoms with Crippen LogP contribution in [-0.2, 0) is 10.0 Å². The van der Waals surface area contributed by atoms with Gasteiger partial charge in [-0.25, -0.2) is 8.42 Å². The molecule has 0 spiro atoms. The number of hydrogen-bond acceptors (Lipinski definition) is 4. The van der Waals surface area contributed by atoms with E-state index < -0.39 is 31.6 Å². The fraction of sp³-hybridized carbons (Fsp3) is 0.200. The molecule has 1 aromatic carbocycles. The van der Waals surface area contributed by atoms with Crippen molar-refractivity contribution in [2.45, 2.75) is 17.9 Å². The van der Waals surface area contributed by atoms with Gasteiger partial charge in [-0.2, -0.15) is 4.72 Å². The van der Waals surface area contributed by atoms with Gasteiger partial charge in [-0.3, -0.25) is 10.1 Å². The Kier molecular flexibility index (Phi) is 3.83. The lowest BCUT2D eigenvalue weighted by Crippen LogP contribution is -2.31. The lowest BCUT2D eigenvalue weighted by atomic mass is 10.3. The Labute approximate surface area is 98.9 Å². The molecule has 0 saturated heterocycles. The molecule has 17 heavy (non-hydrogen) atoms. The Bertz CT molecular complexity index is 574. The predicted molar refractivity (Wildman–Crippen MR) is 61.7 cm³/mol. The van der Waals surface area contributed by atoms with Crippen molar-refractivity contribution in [1.29, 1.82) is 0 Å². The van der Waals surface area contributed by atoms with Gasteiger partial charge in [-0.05, 0) is 13.0 Å². The minimum Gasteiger partial charge on any atom is -0.258 e. The summed E-state index contributed by atoms with van der Waals surface area (Å²) in [5.74, 6) is 2.18. The van der Waals surface area contributed by atoms with E-state index in [0.717, 1.165) is 12.1 Å². The number of terminal acetylenes is 1. The normalized spacial score (nSPS) is 12.7. The number of nitro benzene ring substituents is 1. The molecular formula is C10H10N2O4S. The Hall–Kier alpha value is -1.91. The Morgan fingerprint density at radius 1 is 1.47 bits per heavy atom.